The number of aliphatic carboxylic acids is 1. The summed E-state index contributed by atoms with van der Waals surface area (Å²) < 4.78 is 5.79. The third-order valence-electron chi connectivity index (χ3n) is 6.14. The largest absolute Gasteiger partial charge is 0.480 e. The van der Waals surface area contributed by atoms with Crippen LogP contribution in [0.1, 0.15) is 33.1 Å². The van der Waals surface area contributed by atoms with Crippen LogP contribution in [0.25, 0.3) is 0 Å². The van der Waals surface area contributed by atoms with E-state index in [1.807, 2.05) is 11.9 Å². The van der Waals surface area contributed by atoms with Crippen molar-refractivity contribution in [3.8, 4) is 0 Å². The van der Waals surface area contributed by atoms with Crippen LogP contribution >= 0.6 is 36.0 Å². The second-order valence-corrected chi connectivity index (χ2v) is 10.9. The number of nitrogens with zero attached hydrogens (tertiary/aromatic N) is 1. The Morgan fingerprint density at radius 1 is 1.29 bits per heavy atom. The number of nitrogens with two attached hydrogens (primary N) is 1. The number of ether oxygens (including phenoxy) is 1. The lowest BCUT2D eigenvalue weighted by atomic mass is 9.92. The molecule has 2 saturated heterocycles. The van der Waals surface area contributed by atoms with Crippen molar-refractivity contribution in [2.75, 3.05) is 25.6 Å². The van der Waals surface area contributed by atoms with Crippen molar-refractivity contribution < 1.29 is 34.8 Å². The fourth-order valence-corrected chi connectivity index (χ4v) is 5.23. The molecule has 0 aromatic heterocycles. The number of carboxylic acids is 1. The summed E-state index contributed by atoms with van der Waals surface area (Å²) in [6.07, 6.45) is -0.0980. The Morgan fingerprint density at radius 3 is 2.35 bits per heavy atom. The first kappa shape index (κ1) is 31.7. The molecule has 0 aliphatic carbocycles. The van der Waals surface area contributed by atoms with Gasteiger partial charge in [0.1, 0.15) is 35.9 Å². The molecule has 0 radical (unpaired) electrons. The zero-order valence-corrected chi connectivity index (χ0v) is 22.5. The Kier molecular flexibility index (Phi) is 14.0. The van der Waals surface area contributed by atoms with Crippen LogP contribution < -0.4 is 11.1 Å². The molecule has 34 heavy (non-hydrogen) atoms. The predicted octanol–water partition coefficient (Wildman–Crippen LogP) is -0.282. The fourth-order valence-electron chi connectivity index (χ4n) is 4.19. The maximum absolute atomic E-state index is 12.9. The van der Waals surface area contributed by atoms with E-state index in [0.29, 0.717) is 5.92 Å². The summed E-state index contributed by atoms with van der Waals surface area (Å²) in [6.45, 7) is 4.74. The summed E-state index contributed by atoms with van der Waals surface area (Å²) >= 11 is 11.2. The van der Waals surface area contributed by atoms with Crippen LogP contribution in [0.2, 0.25) is 0 Å². The van der Waals surface area contributed by atoms with E-state index in [9.17, 15) is 24.9 Å². The first-order valence-electron chi connectivity index (χ1n) is 11.4. The van der Waals surface area contributed by atoms with Crippen LogP contribution in [-0.4, -0.2) is 116 Å². The van der Waals surface area contributed by atoms with Gasteiger partial charge in [-0.3, -0.25) is 14.5 Å². The summed E-state index contributed by atoms with van der Waals surface area (Å²) in [5.41, 5.74) is 4.24. The quantitative estimate of drug-likeness (QED) is 0.151. The Bertz CT molecular complexity index is 649. The van der Waals surface area contributed by atoms with E-state index in [4.69, 9.17) is 27.2 Å². The number of likely N-dealkylation sites (N-methyl/N-ethyl adjacent to an activating group) is 1. The molecule has 2 aliphatic rings. The van der Waals surface area contributed by atoms with Crippen molar-refractivity contribution in [1.82, 2.24) is 10.2 Å². The van der Waals surface area contributed by atoms with E-state index in [2.05, 4.69) is 24.9 Å². The number of hydrogen-bond acceptors (Lipinski definition) is 10. The standard InChI is InChI=1S/C18H33ClN2O5S.C3H7NO2S/c1-5-6-10-7-11(21(3)8-10)17(25)20-12(9(2)19)16-14(23)13(22)15(24)18(26-16)27-4;4-2(1-7)3(5)6/h9-16,18,22-24H,5-8H2,1-4H3,(H,20,25);2,7H,1,4H2,(H,5,6)/t9-,10+,11-,12+,13-,14+,15+,16+,18+;/m0./s1. The number of nitrogens with one attached hydrogen (secondary N) is 1. The number of thiol groups is 1. The second kappa shape index (κ2) is 15.1. The number of halogens is 1. The second-order valence-electron chi connectivity index (χ2n) is 8.86. The number of aliphatic hydroxyl groups is 3. The minimum absolute atomic E-state index is 0.147. The molecule has 10 nitrogen and oxygen atoms in total. The Balaban J connectivity index is 0.000000718. The van der Waals surface area contributed by atoms with Crippen LogP contribution in [0.4, 0.5) is 0 Å². The van der Waals surface area contributed by atoms with Gasteiger partial charge in [0.2, 0.25) is 5.91 Å². The molecule has 7 N–H and O–H groups in total. The molecule has 10 atom stereocenters. The highest BCUT2D eigenvalue weighted by molar-refractivity contribution is 7.99. The van der Waals surface area contributed by atoms with Gasteiger partial charge in [0.05, 0.1) is 17.5 Å². The first-order chi connectivity index (χ1) is 15.9. The smallest absolute Gasteiger partial charge is 0.321 e. The number of rotatable bonds is 9. The summed E-state index contributed by atoms with van der Waals surface area (Å²) in [6, 6.07) is -1.75. The van der Waals surface area contributed by atoms with Crippen molar-refractivity contribution in [2.45, 2.75) is 86.5 Å². The van der Waals surface area contributed by atoms with E-state index < -0.39 is 53.3 Å². The molecule has 1 unspecified atom stereocenters. The molecule has 0 bridgehead atoms. The number of likely N-dealkylation sites (tertiary alicyclic amines) is 1. The lowest BCUT2D eigenvalue weighted by molar-refractivity contribution is -0.205. The number of aliphatic hydroxyl groups excluding tert-OH is 3. The number of thioether (sulfide) groups is 1. The molecule has 0 aromatic carbocycles. The Hall–Kier alpha value is -0.310. The van der Waals surface area contributed by atoms with Crippen molar-refractivity contribution >= 4 is 47.9 Å². The number of amides is 1. The van der Waals surface area contributed by atoms with Crippen LogP contribution in [0.5, 0.6) is 0 Å². The highest BCUT2D eigenvalue weighted by Crippen LogP contribution is 2.31. The van der Waals surface area contributed by atoms with Gasteiger partial charge in [-0.25, -0.2) is 0 Å². The molecule has 200 valence electrons. The third-order valence-corrected chi connectivity index (χ3v) is 7.66. The van der Waals surface area contributed by atoms with Gasteiger partial charge < -0.3 is 36.2 Å². The minimum atomic E-state index is -1.36. The molecule has 2 aliphatic heterocycles. The summed E-state index contributed by atoms with van der Waals surface area (Å²) in [5.74, 6) is -0.465. The molecule has 13 heteroatoms. The van der Waals surface area contributed by atoms with Crippen LogP contribution in [0, 0.1) is 5.92 Å². The SMILES string of the molecule is CCC[C@@H]1C[C@@H](C(=O)N[C@@H]([C@H]2O[C@H](SC)[C@H](O)[C@@H](O)[C@H]2O)[C@H](C)Cl)N(C)C1.NC(CS)C(=O)O. The van der Waals surface area contributed by atoms with Gasteiger partial charge in [-0.1, -0.05) is 13.3 Å². The molecular formula is C21H40ClN3O7S2. The minimum Gasteiger partial charge on any atom is -0.480 e. The molecule has 1 amide bonds. The van der Waals surface area contributed by atoms with Crippen molar-refractivity contribution in [2.24, 2.45) is 11.7 Å². The van der Waals surface area contributed by atoms with Gasteiger partial charge in [-0.15, -0.1) is 23.4 Å². The molecule has 2 fully saturated rings. The maximum Gasteiger partial charge on any atom is 0.321 e. The summed E-state index contributed by atoms with van der Waals surface area (Å²) in [5, 5.41) is 41.0. The lowest BCUT2D eigenvalue weighted by Gasteiger charge is -2.44. The normalized spacial score (nSPS) is 34.5. The molecule has 0 spiro atoms. The van der Waals surface area contributed by atoms with Gasteiger partial charge in [0, 0.05) is 12.3 Å². The molecule has 2 rings (SSSR count). The highest BCUT2D eigenvalue weighted by Gasteiger charge is 2.48. The van der Waals surface area contributed by atoms with Crippen molar-refractivity contribution in [3.05, 3.63) is 0 Å². The third kappa shape index (κ3) is 8.67. The van der Waals surface area contributed by atoms with Gasteiger partial charge >= 0.3 is 5.97 Å². The van der Waals surface area contributed by atoms with Gasteiger partial charge in [0.15, 0.2) is 0 Å². The van der Waals surface area contributed by atoms with E-state index in [1.54, 1.807) is 13.2 Å². The van der Waals surface area contributed by atoms with Gasteiger partial charge in [-0.05, 0) is 39.0 Å². The Morgan fingerprint density at radius 2 is 1.91 bits per heavy atom. The predicted molar refractivity (Wildman–Crippen MR) is 136 cm³/mol. The average Bonchev–Trinajstić information content (AvgIpc) is 3.16. The van der Waals surface area contributed by atoms with Crippen LogP contribution in [-0.2, 0) is 14.3 Å². The lowest BCUT2D eigenvalue weighted by Crippen LogP contribution is -2.65. The van der Waals surface area contributed by atoms with Crippen molar-refractivity contribution in [3.63, 3.8) is 0 Å². The molecule has 0 aromatic rings. The van der Waals surface area contributed by atoms with E-state index in [0.717, 1.165) is 25.8 Å². The molecular weight excluding hydrogens is 506 g/mol. The number of hydrogen-bond donors (Lipinski definition) is 7. The summed E-state index contributed by atoms with van der Waals surface area (Å²) in [7, 11) is 1.94. The Labute approximate surface area is 216 Å². The zero-order chi connectivity index (χ0) is 26.2. The number of carbonyl (C=O) groups is 2. The van der Waals surface area contributed by atoms with Crippen LogP contribution in [0.15, 0.2) is 0 Å². The first-order valence-corrected chi connectivity index (χ1v) is 13.7. The average molecular weight is 546 g/mol. The molecule has 2 heterocycles. The monoisotopic (exact) mass is 545 g/mol. The van der Waals surface area contributed by atoms with E-state index in [1.165, 1.54) is 11.8 Å². The zero-order valence-electron chi connectivity index (χ0n) is 20.1. The maximum atomic E-state index is 12.9. The summed E-state index contributed by atoms with van der Waals surface area (Å²) in [4.78, 5) is 24.7. The fraction of sp³-hybridized carbons (Fsp3) is 0.905. The highest BCUT2D eigenvalue weighted by atomic mass is 35.5. The van der Waals surface area contributed by atoms with Gasteiger partial charge in [-0.2, -0.15) is 12.6 Å². The number of carbonyl (C=O) groups excluding carboxylic acids is 1. The molecule has 0 saturated carbocycles. The van der Waals surface area contributed by atoms with Gasteiger partial charge in [0.25, 0.3) is 0 Å². The van der Waals surface area contributed by atoms with E-state index >= 15 is 0 Å². The number of alkyl halides is 1. The number of carboxylic acid groups (broad SMARTS) is 1. The van der Waals surface area contributed by atoms with E-state index in [-0.39, 0.29) is 17.7 Å². The topological polar surface area (TPSA) is 166 Å². The van der Waals surface area contributed by atoms with Crippen LogP contribution in [0.3, 0.4) is 0 Å². The van der Waals surface area contributed by atoms with Crippen molar-refractivity contribution in [1.29, 1.82) is 0 Å².